The summed E-state index contributed by atoms with van der Waals surface area (Å²) in [4.78, 5) is 3.82. The van der Waals surface area contributed by atoms with Crippen molar-refractivity contribution in [1.29, 1.82) is 5.26 Å². The minimum absolute atomic E-state index is 0.451. The van der Waals surface area contributed by atoms with Gasteiger partial charge in [0.1, 0.15) is 5.84 Å². The summed E-state index contributed by atoms with van der Waals surface area (Å²) in [5, 5.41) is 8.59. The van der Waals surface area contributed by atoms with Crippen LogP contribution in [0.1, 0.15) is 11.1 Å². The summed E-state index contributed by atoms with van der Waals surface area (Å²) >= 11 is 0. The van der Waals surface area contributed by atoms with Gasteiger partial charge in [0.05, 0.1) is 11.6 Å². The number of hydrogen-bond acceptors (Lipinski definition) is 2. The second kappa shape index (κ2) is 3.54. The van der Waals surface area contributed by atoms with Crippen molar-refractivity contribution in [2.24, 2.45) is 10.7 Å². The number of amidine groups is 1. The van der Waals surface area contributed by atoms with Crippen LogP contribution in [0, 0.1) is 11.3 Å². The van der Waals surface area contributed by atoms with Crippen LogP contribution in [0.4, 0.5) is 0 Å². The van der Waals surface area contributed by atoms with Gasteiger partial charge in [0.2, 0.25) is 0 Å². The molecule has 0 saturated heterocycles. The zero-order chi connectivity index (χ0) is 8.97. The Morgan fingerprint density at radius 1 is 1.58 bits per heavy atom. The summed E-state index contributed by atoms with van der Waals surface area (Å²) in [5.41, 5.74) is 6.94. The van der Waals surface area contributed by atoms with Crippen LogP contribution in [0.25, 0.3) is 0 Å². The molecule has 0 aliphatic rings. The number of nitriles is 1. The van der Waals surface area contributed by atoms with Crippen LogP contribution in [-0.4, -0.2) is 12.9 Å². The second-order valence-corrected chi connectivity index (χ2v) is 2.30. The lowest BCUT2D eigenvalue weighted by molar-refractivity contribution is 1.38. The van der Waals surface area contributed by atoms with Crippen LogP contribution in [-0.2, 0) is 0 Å². The molecule has 0 radical (unpaired) electrons. The summed E-state index contributed by atoms with van der Waals surface area (Å²) in [6, 6.07) is 9.08. The van der Waals surface area contributed by atoms with Crippen LogP contribution in [0.15, 0.2) is 29.3 Å². The molecule has 0 aromatic heterocycles. The summed E-state index contributed by atoms with van der Waals surface area (Å²) in [5.74, 6) is 0.451. The smallest absolute Gasteiger partial charge is 0.125 e. The Morgan fingerprint density at radius 2 is 2.33 bits per heavy atom. The molecule has 0 saturated carbocycles. The number of nitrogens with two attached hydrogens (primary N) is 1. The maximum Gasteiger partial charge on any atom is 0.125 e. The van der Waals surface area contributed by atoms with Gasteiger partial charge < -0.3 is 5.73 Å². The first-order valence-corrected chi connectivity index (χ1v) is 3.50. The van der Waals surface area contributed by atoms with Crippen molar-refractivity contribution in [1.82, 2.24) is 0 Å². The molecular weight excluding hydrogens is 150 g/mol. The van der Waals surface area contributed by atoms with Crippen LogP contribution >= 0.6 is 0 Å². The van der Waals surface area contributed by atoms with Crippen LogP contribution < -0.4 is 5.73 Å². The van der Waals surface area contributed by atoms with Gasteiger partial charge in [-0.05, 0) is 12.1 Å². The molecule has 1 aromatic carbocycles. The molecule has 0 aliphatic heterocycles. The predicted molar refractivity (Wildman–Crippen MR) is 47.8 cm³/mol. The molecular formula is C9H9N3. The summed E-state index contributed by atoms with van der Waals surface area (Å²) < 4.78 is 0. The molecule has 0 spiro atoms. The highest BCUT2D eigenvalue weighted by Crippen LogP contribution is 2.02. The minimum Gasteiger partial charge on any atom is -0.384 e. The van der Waals surface area contributed by atoms with E-state index < -0.39 is 0 Å². The van der Waals surface area contributed by atoms with E-state index in [4.69, 9.17) is 11.0 Å². The lowest BCUT2D eigenvalue weighted by atomic mass is 10.1. The molecule has 0 bridgehead atoms. The molecule has 0 atom stereocenters. The van der Waals surface area contributed by atoms with Crippen molar-refractivity contribution in [2.45, 2.75) is 0 Å². The predicted octanol–water partition coefficient (Wildman–Crippen LogP) is 0.893. The first kappa shape index (κ1) is 8.28. The average Bonchev–Trinajstić information content (AvgIpc) is 2.17. The molecule has 0 aliphatic carbocycles. The molecule has 60 valence electrons. The lowest BCUT2D eigenvalue weighted by Crippen LogP contribution is -2.12. The van der Waals surface area contributed by atoms with Gasteiger partial charge in [-0.25, -0.2) is 0 Å². The van der Waals surface area contributed by atoms with E-state index in [0.717, 1.165) is 5.56 Å². The van der Waals surface area contributed by atoms with Crippen molar-refractivity contribution in [3.8, 4) is 6.07 Å². The SMILES string of the molecule is CN=C(N)c1cccc(C#N)c1. The Hall–Kier alpha value is -1.82. The second-order valence-electron chi connectivity index (χ2n) is 2.30. The third kappa shape index (κ3) is 1.61. The third-order valence-corrected chi connectivity index (χ3v) is 1.53. The van der Waals surface area contributed by atoms with Gasteiger partial charge in [0.15, 0.2) is 0 Å². The number of hydrogen-bond donors (Lipinski definition) is 1. The number of rotatable bonds is 1. The molecule has 0 unspecified atom stereocenters. The molecule has 12 heavy (non-hydrogen) atoms. The normalized spacial score (nSPS) is 10.8. The molecule has 1 aromatic rings. The van der Waals surface area contributed by atoms with E-state index >= 15 is 0 Å². The van der Waals surface area contributed by atoms with Gasteiger partial charge in [-0.2, -0.15) is 5.26 Å². The van der Waals surface area contributed by atoms with Crippen LogP contribution in [0.3, 0.4) is 0 Å². The van der Waals surface area contributed by atoms with E-state index in [2.05, 4.69) is 4.99 Å². The molecule has 3 heteroatoms. The maximum atomic E-state index is 8.59. The first-order chi connectivity index (χ1) is 5.77. The minimum atomic E-state index is 0.451. The summed E-state index contributed by atoms with van der Waals surface area (Å²) in [6.07, 6.45) is 0. The Bertz CT molecular complexity index is 347. The van der Waals surface area contributed by atoms with Gasteiger partial charge in [0.25, 0.3) is 0 Å². The first-order valence-electron chi connectivity index (χ1n) is 3.50. The van der Waals surface area contributed by atoms with Gasteiger partial charge in [0, 0.05) is 12.6 Å². The van der Waals surface area contributed by atoms with Crippen molar-refractivity contribution in [3.05, 3.63) is 35.4 Å². The highest BCUT2D eigenvalue weighted by atomic mass is 14.8. The lowest BCUT2D eigenvalue weighted by Gasteiger charge is -1.98. The van der Waals surface area contributed by atoms with Gasteiger partial charge in [-0.1, -0.05) is 12.1 Å². The molecule has 0 amide bonds. The topological polar surface area (TPSA) is 62.2 Å². The maximum absolute atomic E-state index is 8.59. The van der Waals surface area contributed by atoms with Crippen molar-refractivity contribution in [3.63, 3.8) is 0 Å². The number of nitrogens with zero attached hydrogens (tertiary/aromatic N) is 2. The zero-order valence-corrected chi connectivity index (χ0v) is 6.78. The van der Waals surface area contributed by atoms with E-state index in [1.54, 1.807) is 25.2 Å². The Labute approximate surface area is 71.2 Å². The Balaban J connectivity index is 3.12. The van der Waals surface area contributed by atoms with E-state index in [0.29, 0.717) is 11.4 Å². The molecule has 0 fully saturated rings. The van der Waals surface area contributed by atoms with Gasteiger partial charge >= 0.3 is 0 Å². The van der Waals surface area contributed by atoms with Crippen LogP contribution in [0.5, 0.6) is 0 Å². The van der Waals surface area contributed by atoms with E-state index in [1.165, 1.54) is 0 Å². The molecule has 1 rings (SSSR count). The highest BCUT2D eigenvalue weighted by molar-refractivity contribution is 5.97. The van der Waals surface area contributed by atoms with Crippen molar-refractivity contribution in [2.75, 3.05) is 7.05 Å². The number of benzene rings is 1. The number of aliphatic imine (C=N–C) groups is 1. The third-order valence-electron chi connectivity index (χ3n) is 1.53. The van der Waals surface area contributed by atoms with Crippen molar-refractivity contribution < 1.29 is 0 Å². The molecule has 0 heterocycles. The summed E-state index contributed by atoms with van der Waals surface area (Å²) in [7, 11) is 1.62. The largest absolute Gasteiger partial charge is 0.384 e. The molecule has 3 nitrogen and oxygen atoms in total. The fraction of sp³-hybridized carbons (Fsp3) is 0.111. The van der Waals surface area contributed by atoms with Crippen LogP contribution in [0.2, 0.25) is 0 Å². The summed E-state index contributed by atoms with van der Waals surface area (Å²) in [6.45, 7) is 0. The van der Waals surface area contributed by atoms with E-state index in [9.17, 15) is 0 Å². The van der Waals surface area contributed by atoms with Crippen molar-refractivity contribution >= 4 is 5.84 Å². The highest BCUT2D eigenvalue weighted by Gasteiger charge is 1.97. The Kier molecular flexibility index (Phi) is 2.44. The molecule has 2 N–H and O–H groups in total. The fourth-order valence-electron chi connectivity index (χ4n) is 0.877. The van der Waals surface area contributed by atoms with Gasteiger partial charge in [-0.3, -0.25) is 4.99 Å². The monoisotopic (exact) mass is 159 g/mol. The van der Waals surface area contributed by atoms with E-state index in [1.807, 2.05) is 12.1 Å². The quantitative estimate of drug-likeness (QED) is 0.488. The fourth-order valence-corrected chi connectivity index (χ4v) is 0.877. The zero-order valence-electron chi connectivity index (χ0n) is 6.78. The standard InChI is InChI=1S/C9H9N3/c1-12-9(11)8-4-2-3-7(5-8)6-10/h2-5H,1H3,(H2,11,12). The van der Waals surface area contributed by atoms with Gasteiger partial charge in [-0.15, -0.1) is 0 Å². The van der Waals surface area contributed by atoms with E-state index in [-0.39, 0.29) is 0 Å². The Morgan fingerprint density at radius 3 is 2.92 bits per heavy atom. The average molecular weight is 159 g/mol.